The Bertz CT molecular complexity index is 69.6. The maximum atomic E-state index is 5.04. The first kappa shape index (κ1) is 19.0. The molecule has 0 nitrogen and oxygen atoms in total. The molecule has 0 spiro atoms. The van der Waals surface area contributed by atoms with Crippen molar-refractivity contribution in [1.82, 2.24) is 0 Å². The Labute approximate surface area is 121 Å². The van der Waals surface area contributed by atoms with Gasteiger partial charge in [-0.15, -0.1) is 0 Å². The van der Waals surface area contributed by atoms with Gasteiger partial charge in [0.2, 0.25) is 0 Å². The summed E-state index contributed by atoms with van der Waals surface area (Å²) in [6, 6.07) is 0. The van der Waals surface area contributed by atoms with Crippen molar-refractivity contribution in [3.8, 4) is 0 Å². The van der Waals surface area contributed by atoms with E-state index >= 15 is 0 Å². The molecule has 0 aromatic heterocycles. The van der Waals surface area contributed by atoms with E-state index in [0.29, 0.717) is 0 Å². The summed E-state index contributed by atoms with van der Waals surface area (Å²) in [6.07, 6.45) is 0. The molecule has 0 aliphatic carbocycles. The van der Waals surface area contributed by atoms with E-state index in [2.05, 4.69) is 0 Å². The van der Waals surface area contributed by atoms with Gasteiger partial charge in [-0.3, -0.25) is 0 Å². The molecule has 9 heavy (non-hydrogen) atoms. The van der Waals surface area contributed by atoms with Crippen molar-refractivity contribution in [2.45, 2.75) is 0 Å². The van der Waals surface area contributed by atoms with E-state index in [-0.39, 0.29) is 59.1 Å². The second kappa shape index (κ2) is 4.26. The van der Waals surface area contributed by atoms with Crippen molar-refractivity contribution in [1.29, 1.82) is 0 Å². The number of hydrogen-bond acceptors (Lipinski definition) is 0. The van der Waals surface area contributed by atoms with Gasteiger partial charge in [-0.25, -0.2) is 0 Å². The van der Waals surface area contributed by atoms with Crippen LogP contribution in [0.1, 0.15) is 0 Å². The van der Waals surface area contributed by atoms with Gasteiger partial charge in [-0.2, -0.15) is 0 Å². The van der Waals surface area contributed by atoms with E-state index in [1.807, 2.05) is 0 Å². The zero-order chi connectivity index (χ0) is 6.41. The molecule has 0 saturated carbocycles. The summed E-state index contributed by atoms with van der Waals surface area (Å²) in [4.78, 5) is 0. The summed E-state index contributed by atoms with van der Waals surface area (Å²) in [5, 5.41) is 0. The van der Waals surface area contributed by atoms with Crippen LogP contribution in [-0.4, -0.2) is 59.1 Å². The van der Waals surface area contributed by atoms with Crippen molar-refractivity contribution < 1.29 is 6.48 Å². The standard InChI is InChI=1S/6ClH.2Na.Ru/h6*1H;;;/q;;;;;;;;+6/p-6. The summed E-state index contributed by atoms with van der Waals surface area (Å²) in [6.45, 7) is -5.22. The third-order valence-electron chi connectivity index (χ3n) is 0. The van der Waals surface area contributed by atoms with Crippen LogP contribution in [0.5, 0.6) is 0 Å². The average Bonchev–Trinajstić information content (AvgIpc) is 0.592. The maximum Gasteiger partial charge on any atom is 0 e. The molecule has 52 valence electrons. The van der Waals surface area contributed by atoms with Gasteiger partial charge in [0.05, 0.1) is 0 Å². The summed E-state index contributed by atoms with van der Waals surface area (Å²) in [5.41, 5.74) is 0. The fourth-order valence-corrected chi connectivity index (χ4v) is 0. The summed E-state index contributed by atoms with van der Waals surface area (Å²) < 4.78 is 0. The minimum atomic E-state index is -5.22. The van der Waals surface area contributed by atoms with Crippen molar-refractivity contribution >= 4 is 117 Å². The minimum absolute atomic E-state index is 0. The molecule has 0 saturated heterocycles. The van der Waals surface area contributed by atoms with E-state index < -0.39 is 6.48 Å². The zero-order valence-electron chi connectivity index (χ0n) is 4.62. The molecule has 0 bridgehead atoms. The van der Waals surface area contributed by atoms with Gasteiger partial charge in [-0.1, -0.05) is 0 Å². The van der Waals surface area contributed by atoms with Gasteiger partial charge in [0.15, 0.2) is 0 Å². The monoisotopic (exact) mass is 358 g/mol. The predicted molar refractivity (Wildman–Crippen MR) is 46.6 cm³/mol. The molecule has 0 amide bonds. The molecule has 0 unspecified atom stereocenters. The second-order valence-electron chi connectivity index (χ2n) is 0.758. The molecular weight excluding hydrogens is 360 g/mol. The van der Waals surface area contributed by atoms with E-state index in [1.165, 1.54) is 0 Å². The summed E-state index contributed by atoms with van der Waals surface area (Å²) in [7, 11) is 30.3. The van der Waals surface area contributed by atoms with Crippen molar-refractivity contribution in [2.24, 2.45) is 0 Å². The molecule has 0 fully saturated rings. The molecule has 0 aromatic rings. The molecular formula is Cl6Na2Ru. The Hall–Kier alpha value is 4.36. The Morgan fingerprint density at radius 1 is 0.556 bits per heavy atom. The smallest absolute Gasteiger partial charge is 0 e. The van der Waals surface area contributed by atoms with Gasteiger partial charge in [0.25, 0.3) is 0 Å². The number of halogens is 6. The maximum absolute atomic E-state index is 5.22. The van der Waals surface area contributed by atoms with Crippen LogP contribution in [0, 0.1) is 0 Å². The van der Waals surface area contributed by atoms with Crippen LogP contribution in [0.25, 0.3) is 0 Å². The second-order valence-corrected chi connectivity index (χ2v) is 40.3. The molecule has 2 radical (unpaired) electrons. The van der Waals surface area contributed by atoms with Crippen LogP contribution in [0.3, 0.4) is 0 Å². The van der Waals surface area contributed by atoms with Crippen molar-refractivity contribution in [3.63, 3.8) is 0 Å². The topological polar surface area (TPSA) is 0 Å². The SMILES string of the molecule is [Cl][Ru]([Cl])([Cl])([Cl])([Cl])[Cl].[Na].[Na]. The van der Waals surface area contributed by atoms with Crippen molar-refractivity contribution in [3.05, 3.63) is 0 Å². The average molecular weight is 360 g/mol. The Morgan fingerprint density at radius 2 is 0.556 bits per heavy atom. The molecule has 0 aromatic carbocycles. The predicted octanol–water partition coefficient (Wildman–Crippen LogP) is 3.37. The largest absolute Gasteiger partial charge is 0 e. The molecule has 0 heterocycles. The molecule has 0 aliphatic rings. The van der Waals surface area contributed by atoms with Gasteiger partial charge >= 0.3 is 64.6 Å². The van der Waals surface area contributed by atoms with Crippen molar-refractivity contribution in [2.75, 3.05) is 0 Å². The summed E-state index contributed by atoms with van der Waals surface area (Å²) >= 11 is 0. The first-order chi connectivity index (χ1) is 2.45. The van der Waals surface area contributed by atoms with Gasteiger partial charge in [-0.05, 0) is 0 Å². The zero-order valence-corrected chi connectivity index (χ0v) is 14.9. The Balaban J connectivity index is -0.000000180. The van der Waals surface area contributed by atoms with Gasteiger partial charge in [0.1, 0.15) is 0 Å². The minimum Gasteiger partial charge on any atom is 0 e. The van der Waals surface area contributed by atoms with E-state index in [4.69, 9.17) is 58.1 Å². The van der Waals surface area contributed by atoms with E-state index in [9.17, 15) is 0 Å². The van der Waals surface area contributed by atoms with Crippen LogP contribution in [0.15, 0.2) is 0 Å². The summed E-state index contributed by atoms with van der Waals surface area (Å²) in [5.74, 6) is 0. The Morgan fingerprint density at radius 3 is 0.556 bits per heavy atom. The Kier molecular flexibility index (Phi) is 9.00. The van der Waals surface area contributed by atoms with Crippen LogP contribution >= 0.6 is 58.1 Å². The third kappa shape index (κ3) is 69.7. The van der Waals surface area contributed by atoms with Gasteiger partial charge < -0.3 is 0 Å². The van der Waals surface area contributed by atoms with Crippen LogP contribution < -0.4 is 0 Å². The van der Waals surface area contributed by atoms with E-state index in [1.54, 1.807) is 0 Å². The van der Waals surface area contributed by atoms with Crippen LogP contribution in [0.4, 0.5) is 0 Å². The fraction of sp³-hybridized carbons (Fsp3) is 0. The van der Waals surface area contributed by atoms with Gasteiger partial charge in [0, 0.05) is 59.1 Å². The molecule has 0 aliphatic heterocycles. The molecule has 0 atom stereocenters. The first-order valence-electron chi connectivity index (χ1n) is 0.802. The number of rotatable bonds is 0. The fourth-order valence-electron chi connectivity index (χ4n) is 0. The van der Waals surface area contributed by atoms with Crippen LogP contribution in [-0.2, 0) is 6.48 Å². The third-order valence-corrected chi connectivity index (χ3v) is 0. The number of hydrogen-bond donors (Lipinski definition) is 0. The molecule has 0 N–H and O–H groups in total. The molecule has 9 heteroatoms. The quantitative estimate of drug-likeness (QED) is 0.582. The first-order valence-corrected chi connectivity index (χ1v) is 14.2. The van der Waals surface area contributed by atoms with Crippen LogP contribution in [0.2, 0.25) is 0 Å². The molecule has 0 rings (SSSR count). The normalized spacial score (nSPS) is 18.0. The van der Waals surface area contributed by atoms with E-state index in [0.717, 1.165) is 0 Å².